The lowest BCUT2D eigenvalue weighted by Gasteiger charge is -2.27. The van der Waals surface area contributed by atoms with E-state index in [0.29, 0.717) is 5.56 Å². The Hall–Kier alpha value is -3.68. The molecular formula is C20H20N4O4. The molecular weight excluding hydrogens is 360 g/mol. The number of nitrogens with one attached hydrogen (secondary N) is 2. The van der Waals surface area contributed by atoms with E-state index >= 15 is 0 Å². The molecule has 0 radical (unpaired) electrons. The number of hydrogen-bond donors (Lipinski definition) is 3. The van der Waals surface area contributed by atoms with Crippen LogP contribution in [0.25, 0.3) is 0 Å². The van der Waals surface area contributed by atoms with E-state index in [1.165, 1.54) is 0 Å². The van der Waals surface area contributed by atoms with Gasteiger partial charge in [-0.15, -0.1) is 0 Å². The molecule has 4 N–H and O–H groups in total. The lowest BCUT2D eigenvalue weighted by atomic mass is 9.83. The number of amides is 5. The number of hydrogen-bond acceptors (Lipinski definition) is 4. The van der Waals surface area contributed by atoms with Crippen LogP contribution in [0.4, 0.5) is 4.79 Å². The molecule has 144 valence electrons. The third-order valence-electron chi connectivity index (χ3n) is 4.52. The number of benzene rings is 2. The van der Waals surface area contributed by atoms with Crippen LogP contribution in [0.3, 0.4) is 0 Å². The summed E-state index contributed by atoms with van der Waals surface area (Å²) >= 11 is 0. The molecule has 1 fully saturated rings. The van der Waals surface area contributed by atoms with Gasteiger partial charge >= 0.3 is 6.03 Å². The Morgan fingerprint density at radius 2 is 1.61 bits per heavy atom. The molecule has 2 aromatic rings. The fourth-order valence-corrected chi connectivity index (χ4v) is 3.20. The average molecular weight is 380 g/mol. The number of primary amides is 1. The highest BCUT2D eigenvalue weighted by molar-refractivity contribution is 6.09. The molecule has 8 heteroatoms. The fourth-order valence-electron chi connectivity index (χ4n) is 3.20. The maximum absolute atomic E-state index is 13.3. The minimum Gasteiger partial charge on any atom is -0.368 e. The van der Waals surface area contributed by atoms with Crippen molar-refractivity contribution in [3.8, 4) is 0 Å². The SMILES string of the molecule is NC(=O)CNC(=O)CN1C(=O)N[C@](Cc2ccccc2)(c2ccccc2)C1=O. The Kier molecular flexibility index (Phi) is 5.39. The van der Waals surface area contributed by atoms with Crippen molar-refractivity contribution in [2.45, 2.75) is 12.0 Å². The van der Waals surface area contributed by atoms with Crippen LogP contribution in [0.2, 0.25) is 0 Å². The van der Waals surface area contributed by atoms with Crippen LogP contribution in [-0.2, 0) is 26.3 Å². The minimum atomic E-state index is -1.32. The van der Waals surface area contributed by atoms with E-state index in [4.69, 9.17) is 5.73 Å². The maximum atomic E-state index is 13.3. The summed E-state index contributed by atoms with van der Waals surface area (Å²) in [5.41, 5.74) is 5.16. The molecule has 1 aliphatic heterocycles. The summed E-state index contributed by atoms with van der Waals surface area (Å²) in [6.45, 7) is -0.863. The Morgan fingerprint density at radius 3 is 2.21 bits per heavy atom. The van der Waals surface area contributed by atoms with Crippen molar-refractivity contribution in [3.63, 3.8) is 0 Å². The third-order valence-corrected chi connectivity index (χ3v) is 4.52. The van der Waals surface area contributed by atoms with Gasteiger partial charge in [0.2, 0.25) is 11.8 Å². The molecule has 1 aliphatic rings. The van der Waals surface area contributed by atoms with Crippen LogP contribution in [0.5, 0.6) is 0 Å². The molecule has 0 aliphatic carbocycles. The highest BCUT2D eigenvalue weighted by Crippen LogP contribution is 2.32. The van der Waals surface area contributed by atoms with Crippen LogP contribution < -0.4 is 16.4 Å². The summed E-state index contributed by atoms with van der Waals surface area (Å²) in [4.78, 5) is 49.5. The van der Waals surface area contributed by atoms with Crippen molar-refractivity contribution < 1.29 is 19.2 Å². The van der Waals surface area contributed by atoms with Gasteiger partial charge in [-0.3, -0.25) is 19.3 Å². The van der Waals surface area contributed by atoms with Gasteiger partial charge in [0.15, 0.2) is 5.54 Å². The van der Waals surface area contributed by atoms with Gasteiger partial charge in [-0.05, 0) is 11.1 Å². The molecule has 0 bridgehead atoms. The number of carbonyl (C=O) groups is 4. The van der Waals surface area contributed by atoms with Crippen LogP contribution in [-0.4, -0.2) is 41.7 Å². The molecule has 8 nitrogen and oxygen atoms in total. The van der Waals surface area contributed by atoms with Crippen LogP contribution in [0.1, 0.15) is 11.1 Å². The highest BCUT2D eigenvalue weighted by Gasteiger charge is 2.52. The number of urea groups is 1. The van der Waals surface area contributed by atoms with Crippen molar-refractivity contribution in [2.24, 2.45) is 5.73 Å². The third kappa shape index (κ3) is 3.85. The van der Waals surface area contributed by atoms with Crippen molar-refractivity contribution in [2.75, 3.05) is 13.1 Å². The first-order chi connectivity index (χ1) is 13.4. The predicted octanol–water partition coefficient (Wildman–Crippen LogP) is 0.278. The summed E-state index contributed by atoms with van der Waals surface area (Å²) in [7, 11) is 0. The van der Waals surface area contributed by atoms with Crippen molar-refractivity contribution >= 4 is 23.8 Å². The van der Waals surface area contributed by atoms with Crippen LogP contribution in [0.15, 0.2) is 60.7 Å². The van der Waals surface area contributed by atoms with Gasteiger partial charge in [-0.25, -0.2) is 4.79 Å². The Morgan fingerprint density at radius 1 is 1.00 bits per heavy atom. The van der Waals surface area contributed by atoms with Gasteiger partial charge in [-0.2, -0.15) is 0 Å². The minimum absolute atomic E-state index is 0.238. The second kappa shape index (κ2) is 7.91. The summed E-state index contributed by atoms with van der Waals surface area (Å²) in [6, 6.07) is 17.5. The molecule has 0 aromatic heterocycles. The zero-order valence-electron chi connectivity index (χ0n) is 15.1. The smallest absolute Gasteiger partial charge is 0.325 e. The fraction of sp³-hybridized carbons (Fsp3) is 0.200. The number of rotatable bonds is 7. The molecule has 5 amide bonds. The van der Waals surface area contributed by atoms with Crippen molar-refractivity contribution in [1.82, 2.24) is 15.5 Å². The van der Waals surface area contributed by atoms with E-state index in [0.717, 1.165) is 10.5 Å². The summed E-state index contributed by atoms with van der Waals surface area (Å²) in [5.74, 6) is -1.89. The van der Waals surface area contributed by atoms with E-state index in [2.05, 4.69) is 10.6 Å². The molecule has 0 spiro atoms. The molecule has 3 rings (SSSR count). The summed E-state index contributed by atoms with van der Waals surface area (Å²) in [6.07, 6.45) is 0.238. The predicted molar refractivity (Wildman–Crippen MR) is 101 cm³/mol. The number of nitrogens with zero attached hydrogens (tertiary/aromatic N) is 1. The first-order valence-corrected chi connectivity index (χ1v) is 8.71. The van der Waals surface area contributed by atoms with Gasteiger partial charge in [0.25, 0.3) is 5.91 Å². The molecule has 1 atom stereocenters. The molecule has 28 heavy (non-hydrogen) atoms. The Bertz CT molecular complexity index is 901. The quantitative estimate of drug-likeness (QED) is 0.597. The maximum Gasteiger partial charge on any atom is 0.325 e. The number of nitrogens with two attached hydrogens (primary N) is 1. The monoisotopic (exact) mass is 380 g/mol. The van der Waals surface area contributed by atoms with Gasteiger partial charge in [0.1, 0.15) is 6.54 Å². The van der Waals surface area contributed by atoms with Crippen LogP contribution >= 0.6 is 0 Å². The summed E-state index contributed by atoms with van der Waals surface area (Å²) < 4.78 is 0. The standard InChI is InChI=1S/C20H20N4O4/c21-16(25)12-22-17(26)13-24-18(27)20(23-19(24)28,15-9-5-2-6-10-15)11-14-7-3-1-4-8-14/h1-10H,11-13H2,(H2,21,25)(H,22,26)(H,23,28)/t20-/m1/s1. The van der Waals surface area contributed by atoms with Crippen molar-refractivity contribution in [3.05, 3.63) is 71.8 Å². The van der Waals surface area contributed by atoms with E-state index in [1.807, 2.05) is 36.4 Å². The van der Waals surface area contributed by atoms with Gasteiger partial charge in [-0.1, -0.05) is 60.7 Å². The second-order valence-electron chi connectivity index (χ2n) is 6.50. The lowest BCUT2D eigenvalue weighted by molar-refractivity contribution is -0.135. The van der Waals surface area contributed by atoms with Crippen molar-refractivity contribution in [1.29, 1.82) is 0 Å². The Balaban J connectivity index is 1.90. The molecule has 1 saturated heterocycles. The largest absolute Gasteiger partial charge is 0.368 e. The second-order valence-corrected chi connectivity index (χ2v) is 6.50. The zero-order valence-corrected chi connectivity index (χ0v) is 15.1. The first kappa shape index (κ1) is 19.1. The van der Waals surface area contributed by atoms with Gasteiger partial charge in [0.05, 0.1) is 6.54 Å². The van der Waals surface area contributed by atoms with E-state index in [-0.39, 0.29) is 13.0 Å². The lowest BCUT2D eigenvalue weighted by Crippen LogP contribution is -2.47. The topological polar surface area (TPSA) is 122 Å². The van der Waals surface area contributed by atoms with E-state index < -0.39 is 35.8 Å². The first-order valence-electron chi connectivity index (χ1n) is 8.71. The zero-order chi connectivity index (χ0) is 20.1. The van der Waals surface area contributed by atoms with Gasteiger partial charge < -0.3 is 16.4 Å². The molecule has 1 heterocycles. The van der Waals surface area contributed by atoms with E-state index in [1.54, 1.807) is 24.3 Å². The normalized spacial score (nSPS) is 18.6. The van der Waals surface area contributed by atoms with Crippen LogP contribution in [0, 0.1) is 0 Å². The summed E-state index contributed by atoms with van der Waals surface area (Å²) in [5, 5.41) is 5.05. The number of imide groups is 1. The Labute approximate surface area is 161 Å². The molecule has 2 aromatic carbocycles. The van der Waals surface area contributed by atoms with Gasteiger partial charge in [0, 0.05) is 6.42 Å². The molecule has 0 saturated carbocycles. The average Bonchev–Trinajstić information content (AvgIpc) is 2.93. The highest BCUT2D eigenvalue weighted by atomic mass is 16.2. The molecule has 0 unspecified atom stereocenters. The van der Waals surface area contributed by atoms with E-state index in [9.17, 15) is 19.2 Å². The number of carbonyl (C=O) groups excluding carboxylic acids is 4.